The fraction of sp³-hybridized carbons (Fsp3) is 0.946. The number of aliphatic hydroxyl groups excluding tert-OH is 1. The fourth-order valence-electron chi connectivity index (χ4n) is 12.9. The smallest absolute Gasteiger partial charge is 0.302 e. The van der Waals surface area contributed by atoms with Gasteiger partial charge in [0.15, 0.2) is 6.29 Å². The molecular formula is C37H59IN2O7. The van der Waals surface area contributed by atoms with E-state index in [1.54, 1.807) is 0 Å². The van der Waals surface area contributed by atoms with E-state index in [0.29, 0.717) is 19.1 Å². The summed E-state index contributed by atoms with van der Waals surface area (Å²) in [6.45, 7) is 16.6. The third-order valence-corrected chi connectivity index (χ3v) is 17.0. The first-order valence-electron chi connectivity index (χ1n) is 18.5. The molecule has 47 heavy (non-hydrogen) atoms. The number of aliphatic hydroxyl groups is 1. The monoisotopic (exact) mass is 770 g/mol. The van der Waals surface area contributed by atoms with Crippen LogP contribution in [0.1, 0.15) is 113 Å². The summed E-state index contributed by atoms with van der Waals surface area (Å²) < 4.78 is 25.4. The Kier molecular flexibility index (Phi) is 8.63. The second-order valence-corrected chi connectivity index (χ2v) is 18.7. The van der Waals surface area contributed by atoms with Crippen LogP contribution in [-0.4, -0.2) is 87.3 Å². The van der Waals surface area contributed by atoms with Gasteiger partial charge >= 0.3 is 5.97 Å². The van der Waals surface area contributed by atoms with Gasteiger partial charge in [0.1, 0.15) is 6.10 Å². The number of ether oxygens (including phenoxy) is 4. The first-order valence-corrected chi connectivity index (χ1v) is 19.6. The van der Waals surface area contributed by atoms with Crippen molar-refractivity contribution in [3.8, 4) is 0 Å². The molecule has 10 heteroatoms. The molecule has 6 saturated carbocycles. The first kappa shape index (κ1) is 35.1. The van der Waals surface area contributed by atoms with E-state index in [-0.39, 0.29) is 67.3 Å². The summed E-state index contributed by atoms with van der Waals surface area (Å²) in [7, 11) is 0. The Balaban J connectivity index is 1.08. The summed E-state index contributed by atoms with van der Waals surface area (Å²) in [4.78, 5) is 26.6. The molecular weight excluding hydrogens is 711 g/mol. The van der Waals surface area contributed by atoms with Gasteiger partial charge in [-0.2, -0.15) is 0 Å². The molecule has 7 rings (SSSR count). The first-order chi connectivity index (χ1) is 22.0. The van der Waals surface area contributed by atoms with Gasteiger partial charge in [-0.15, -0.1) is 0 Å². The van der Waals surface area contributed by atoms with Crippen LogP contribution in [0.4, 0.5) is 0 Å². The Hall–Kier alpha value is -0.370. The van der Waals surface area contributed by atoms with Crippen LogP contribution >= 0.6 is 22.6 Å². The van der Waals surface area contributed by atoms with Gasteiger partial charge in [-0.25, -0.2) is 0 Å². The average molecular weight is 771 g/mol. The number of hydrogen-bond acceptors (Lipinski definition) is 9. The molecule has 9 nitrogen and oxygen atoms in total. The zero-order valence-electron chi connectivity index (χ0n) is 29.7. The fourth-order valence-corrected chi connectivity index (χ4v) is 13.8. The van der Waals surface area contributed by atoms with Crippen molar-refractivity contribution in [1.29, 1.82) is 0 Å². The van der Waals surface area contributed by atoms with Crippen LogP contribution in [0, 0.1) is 39.4 Å². The highest BCUT2D eigenvalue weighted by molar-refractivity contribution is 14.1. The Morgan fingerprint density at radius 2 is 1.68 bits per heavy atom. The highest BCUT2D eigenvalue weighted by Gasteiger charge is 2.84. The van der Waals surface area contributed by atoms with Crippen LogP contribution in [0.25, 0.3) is 0 Å². The second kappa shape index (κ2) is 11.6. The van der Waals surface area contributed by atoms with Crippen molar-refractivity contribution in [2.24, 2.45) is 45.1 Å². The summed E-state index contributed by atoms with van der Waals surface area (Å²) in [5, 5.41) is 12.2. The van der Waals surface area contributed by atoms with E-state index in [1.807, 2.05) is 36.4 Å². The van der Waals surface area contributed by atoms with Gasteiger partial charge in [0.2, 0.25) is 3.79 Å². The normalized spacial score (nSPS) is 49.3. The summed E-state index contributed by atoms with van der Waals surface area (Å²) >= 11 is 2.00. The van der Waals surface area contributed by atoms with Gasteiger partial charge in [-0.3, -0.25) is 14.5 Å². The minimum absolute atomic E-state index is 0.0242. The molecule has 13 atom stereocenters. The van der Waals surface area contributed by atoms with E-state index in [1.165, 1.54) is 13.3 Å². The second-order valence-electron chi connectivity index (χ2n) is 17.8. The topological polar surface area (TPSA) is 121 Å². The lowest BCUT2D eigenvalue weighted by Gasteiger charge is -2.63. The van der Waals surface area contributed by atoms with Crippen molar-refractivity contribution >= 4 is 32.4 Å². The molecule has 2 spiro atoms. The third kappa shape index (κ3) is 4.72. The van der Waals surface area contributed by atoms with Crippen molar-refractivity contribution in [3.63, 3.8) is 0 Å². The molecule has 1 heterocycles. The molecule has 6 aliphatic carbocycles. The van der Waals surface area contributed by atoms with E-state index in [9.17, 15) is 14.7 Å². The Morgan fingerprint density at radius 1 is 1.00 bits per heavy atom. The average Bonchev–Trinajstić information content (AvgIpc) is 3.62. The molecule has 7 fully saturated rings. The van der Waals surface area contributed by atoms with Crippen LogP contribution in [0.3, 0.4) is 0 Å². The summed E-state index contributed by atoms with van der Waals surface area (Å²) in [5.74, 6) is 0.522. The number of halogens is 1. The zero-order chi connectivity index (χ0) is 33.9. The van der Waals surface area contributed by atoms with Gasteiger partial charge in [0.25, 0.3) is 0 Å². The Morgan fingerprint density at radius 3 is 2.32 bits per heavy atom. The molecule has 0 aromatic heterocycles. The number of nitrogens with two attached hydrogens (primary N) is 1. The largest absolute Gasteiger partial charge is 0.460 e. The lowest BCUT2D eigenvalue weighted by atomic mass is 9.44. The summed E-state index contributed by atoms with van der Waals surface area (Å²) in [5.41, 5.74) is 6.71. The molecule has 0 bridgehead atoms. The van der Waals surface area contributed by atoms with Gasteiger partial charge in [0, 0.05) is 36.1 Å². The zero-order valence-corrected chi connectivity index (χ0v) is 31.8. The van der Waals surface area contributed by atoms with Gasteiger partial charge < -0.3 is 29.8 Å². The molecule has 266 valence electrons. The molecule has 0 aromatic carbocycles. The molecule has 0 amide bonds. The maximum absolute atomic E-state index is 12.7. The lowest BCUT2D eigenvalue weighted by Crippen LogP contribution is -2.70. The predicted molar refractivity (Wildman–Crippen MR) is 186 cm³/mol. The number of nitrogens with zero attached hydrogens (tertiary/aromatic N) is 1. The van der Waals surface area contributed by atoms with Crippen LogP contribution in [-0.2, 0) is 28.5 Å². The van der Waals surface area contributed by atoms with Gasteiger partial charge in [-0.1, -0.05) is 27.7 Å². The van der Waals surface area contributed by atoms with Crippen LogP contribution < -0.4 is 5.73 Å². The molecule has 1 saturated heterocycles. The van der Waals surface area contributed by atoms with Gasteiger partial charge in [0.05, 0.1) is 48.6 Å². The number of fused-ring (bicyclic) bond motifs is 2. The SMILES string of the molecule is CC(=O)O[C@H](C)C(C)OC1[C@H](C)C2(C)CC[C@@]34CC35CC[C@H](OC3CN(C6(C(=O)I)CCC6)CCO3)C(C)(C)[C@@H]5CCC4[C@]2(N)[C@H]1O. The summed E-state index contributed by atoms with van der Waals surface area (Å²) in [6.07, 6.45) is 8.43. The van der Waals surface area contributed by atoms with E-state index >= 15 is 0 Å². The molecule has 6 unspecified atom stereocenters. The van der Waals surface area contributed by atoms with Crippen LogP contribution in [0.15, 0.2) is 0 Å². The predicted octanol–water partition coefficient (Wildman–Crippen LogP) is 5.37. The standard InChI is InChI=1S/C37H59IN2O7/c1-21-29(46-23(3)22(2)45-24(4)41)30(42)37(39)26-10-9-25-32(5,6)27(11-14-34(25)20-35(26,34)16-15-33(21,37)7)47-28-19-40(17-18-44-28)36(31(38)43)12-8-13-36/h21-23,25-30,42H,8-20,39H2,1-7H3/t21-,22+,23?,25-,26?,27-,28?,29?,30-,33?,34?,35-,37-/m0/s1. The van der Waals surface area contributed by atoms with E-state index < -0.39 is 23.9 Å². The maximum atomic E-state index is 12.7. The van der Waals surface area contributed by atoms with Crippen molar-refractivity contribution in [1.82, 2.24) is 4.90 Å². The van der Waals surface area contributed by atoms with E-state index in [0.717, 1.165) is 64.3 Å². The number of rotatable bonds is 8. The van der Waals surface area contributed by atoms with Crippen molar-refractivity contribution in [2.75, 3.05) is 19.7 Å². The molecule has 0 aromatic rings. The number of esters is 1. The molecule has 7 aliphatic rings. The number of hydrogen-bond donors (Lipinski definition) is 2. The quantitative estimate of drug-likeness (QED) is 0.191. The highest BCUT2D eigenvalue weighted by atomic mass is 127. The molecule has 0 radical (unpaired) electrons. The Bertz CT molecular complexity index is 1280. The van der Waals surface area contributed by atoms with Crippen molar-refractivity contribution < 1.29 is 33.6 Å². The highest BCUT2D eigenvalue weighted by Crippen LogP contribution is 2.87. The van der Waals surface area contributed by atoms with Crippen LogP contribution in [0.5, 0.6) is 0 Å². The number of carbonyl (C=O) groups is 2. The minimum Gasteiger partial charge on any atom is -0.460 e. The Labute approximate surface area is 295 Å². The van der Waals surface area contributed by atoms with Crippen LogP contribution in [0.2, 0.25) is 0 Å². The summed E-state index contributed by atoms with van der Waals surface area (Å²) in [6, 6.07) is 0. The van der Waals surface area contributed by atoms with Crippen molar-refractivity contribution in [3.05, 3.63) is 0 Å². The van der Waals surface area contributed by atoms with Gasteiger partial charge in [-0.05, 0) is 117 Å². The third-order valence-electron chi connectivity index (χ3n) is 16.0. The van der Waals surface area contributed by atoms with Crippen molar-refractivity contribution in [2.45, 2.75) is 161 Å². The van der Waals surface area contributed by atoms with E-state index in [2.05, 4.69) is 32.6 Å². The number of morpholine rings is 1. The van der Waals surface area contributed by atoms with E-state index in [4.69, 9.17) is 24.7 Å². The maximum Gasteiger partial charge on any atom is 0.302 e. The molecule has 1 aliphatic heterocycles. The minimum atomic E-state index is -0.779. The number of carbonyl (C=O) groups excluding carboxylic acids is 2. The molecule has 3 N–H and O–H groups in total. The lowest BCUT2D eigenvalue weighted by molar-refractivity contribution is -0.254.